The first kappa shape index (κ1) is 13.9. The SMILES string of the molecule is Cc1cccc(NC(C)c2ccc(I)cc2)c1Br. The molecular weight excluding hydrogens is 401 g/mol. The molecule has 1 unspecified atom stereocenters. The normalized spacial score (nSPS) is 12.2. The predicted molar refractivity (Wildman–Crippen MR) is 90.1 cm³/mol. The number of anilines is 1. The van der Waals surface area contributed by atoms with Gasteiger partial charge in [0.25, 0.3) is 0 Å². The van der Waals surface area contributed by atoms with Crippen LogP contribution in [0, 0.1) is 10.5 Å². The maximum atomic E-state index is 3.63. The summed E-state index contributed by atoms with van der Waals surface area (Å²) in [6, 6.07) is 15.2. The lowest BCUT2D eigenvalue weighted by Crippen LogP contribution is -2.07. The second-order valence-electron chi connectivity index (χ2n) is 4.35. The van der Waals surface area contributed by atoms with E-state index in [2.05, 4.69) is 100 Å². The first-order valence-corrected chi connectivity index (χ1v) is 7.72. The van der Waals surface area contributed by atoms with Crippen molar-refractivity contribution in [2.45, 2.75) is 19.9 Å². The first-order chi connectivity index (χ1) is 8.58. The van der Waals surface area contributed by atoms with Gasteiger partial charge in [0.2, 0.25) is 0 Å². The Labute approximate surface area is 130 Å². The van der Waals surface area contributed by atoms with Crippen LogP contribution in [0.5, 0.6) is 0 Å². The highest BCUT2D eigenvalue weighted by Crippen LogP contribution is 2.29. The number of hydrogen-bond donors (Lipinski definition) is 1. The highest BCUT2D eigenvalue weighted by atomic mass is 127. The van der Waals surface area contributed by atoms with Gasteiger partial charge in [0.1, 0.15) is 0 Å². The molecule has 0 radical (unpaired) electrons. The number of hydrogen-bond acceptors (Lipinski definition) is 1. The van der Waals surface area contributed by atoms with E-state index in [0.717, 1.165) is 10.2 Å². The molecule has 0 saturated heterocycles. The highest BCUT2D eigenvalue weighted by Gasteiger charge is 2.08. The number of rotatable bonds is 3. The zero-order valence-electron chi connectivity index (χ0n) is 10.4. The van der Waals surface area contributed by atoms with E-state index in [-0.39, 0.29) is 0 Å². The molecule has 3 heteroatoms. The summed E-state index contributed by atoms with van der Waals surface area (Å²) < 4.78 is 2.41. The molecule has 2 aromatic carbocycles. The lowest BCUT2D eigenvalue weighted by Gasteiger charge is -2.17. The van der Waals surface area contributed by atoms with Crippen molar-refractivity contribution >= 4 is 44.2 Å². The van der Waals surface area contributed by atoms with Crippen LogP contribution in [0.1, 0.15) is 24.1 Å². The molecular formula is C15H15BrIN. The molecule has 0 amide bonds. The van der Waals surface area contributed by atoms with Crippen LogP contribution in [0.3, 0.4) is 0 Å². The molecule has 2 aromatic rings. The van der Waals surface area contributed by atoms with Gasteiger partial charge in [-0.15, -0.1) is 0 Å². The fraction of sp³-hybridized carbons (Fsp3) is 0.200. The molecule has 0 spiro atoms. The summed E-state index contributed by atoms with van der Waals surface area (Å²) in [6.07, 6.45) is 0. The predicted octanol–water partition coefficient (Wildman–Crippen LogP) is 5.54. The molecule has 0 aliphatic carbocycles. The van der Waals surface area contributed by atoms with E-state index in [1.54, 1.807) is 0 Å². The Morgan fingerprint density at radius 1 is 1.11 bits per heavy atom. The van der Waals surface area contributed by atoms with Crippen LogP contribution < -0.4 is 5.32 Å². The van der Waals surface area contributed by atoms with Crippen molar-refractivity contribution in [1.29, 1.82) is 0 Å². The molecule has 0 saturated carbocycles. The molecule has 1 N–H and O–H groups in total. The summed E-state index contributed by atoms with van der Waals surface area (Å²) in [5, 5.41) is 3.54. The van der Waals surface area contributed by atoms with Gasteiger partial charge in [-0.05, 0) is 81.7 Å². The molecule has 1 nitrogen and oxygen atoms in total. The third kappa shape index (κ3) is 3.26. The van der Waals surface area contributed by atoms with Gasteiger partial charge >= 0.3 is 0 Å². The fourth-order valence-corrected chi connectivity index (χ4v) is 2.57. The van der Waals surface area contributed by atoms with Crippen LogP contribution >= 0.6 is 38.5 Å². The largest absolute Gasteiger partial charge is 0.378 e. The second-order valence-corrected chi connectivity index (χ2v) is 6.39. The lowest BCUT2D eigenvalue weighted by atomic mass is 10.1. The molecule has 0 aliphatic heterocycles. The molecule has 0 aliphatic rings. The third-order valence-electron chi connectivity index (χ3n) is 2.93. The van der Waals surface area contributed by atoms with E-state index in [1.807, 2.05) is 0 Å². The Morgan fingerprint density at radius 3 is 2.44 bits per heavy atom. The Balaban J connectivity index is 2.18. The van der Waals surface area contributed by atoms with E-state index in [4.69, 9.17) is 0 Å². The lowest BCUT2D eigenvalue weighted by molar-refractivity contribution is 0.882. The number of benzene rings is 2. The third-order valence-corrected chi connectivity index (χ3v) is 4.71. The molecule has 94 valence electrons. The molecule has 2 rings (SSSR count). The smallest absolute Gasteiger partial charge is 0.0492 e. The van der Waals surface area contributed by atoms with Crippen molar-refractivity contribution in [1.82, 2.24) is 0 Å². The van der Waals surface area contributed by atoms with Gasteiger partial charge in [0.05, 0.1) is 0 Å². The fourth-order valence-electron chi connectivity index (χ4n) is 1.83. The van der Waals surface area contributed by atoms with Gasteiger partial charge in [-0.1, -0.05) is 24.3 Å². The van der Waals surface area contributed by atoms with Gasteiger partial charge in [-0.2, -0.15) is 0 Å². The van der Waals surface area contributed by atoms with Gasteiger partial charge in [0.15, 0.2) is 0 Å². The number of nitrogens with one attached hydrogen (secondary N) is 1. The van der Waals surface area contributed by atoms with Crippen LogP contribution in [0.25, 0.3) is 0 Å². The van der Waals surface area contributed by atoms with Crippen molar-refractivity contribution in [3.8, 4) is 0 Å². The minimum Gasteiger partial charge on any atom is -0.378 e. The second kappa shape index (κ2) is 6.06. The first-order valence-electron chi connectivity index (χ1n) is 5.85. The molecule has 0 bridgehead atoms. The Kier molecular flexibility index (Phi) is 4.67. The van der Waals surface area contributed by atoms with Crippen LogP contribution in [0.4, 0.5) is 5.69 Å². The zero-order chi connectivity index (χ0) is 13.1. The van der Waals surface area contributed by atoms with E-state index in [9.17, 15) is 0 Å². The highest BCUT2D eigenvalue weighted by molar-refractivity contribution is 14.1. The standard InChI is InChI=1S/C15H15BrIN/c1-10-4-3-5-14(15(10)16)18-11(2)12-6-8-13(17)9-7-12/h3-9,11,18H,1-2H3. The monoisotopic (exact) mass is 415 g/mol. The van der Waals surface area contributed by atoms with Crippen LogP contribution in [-0.2, 0) is 0 Å². The Morgan fingerprint density at radius 2 is 1.78 bits per heavy atom. The maximum Gasteiger partial charge on any atom is 0.0492 e. The van der Waals surface area contributed by atoms with E-state index in [1.165, 1.54) is 14.7 Å². The molecule has 18 heavy (non-hydrogen) atoms. The maximum absolute atomic E-state index is 3.63. The minimum atomic E-state index is 0.292. The van der Waals surface area contributed by atoms with Crippen molar-refractivity contribution in [3.05, 3.63) is 61.6 Å². The summed E-state index contributed by atoms with van der Waals surface area (Å²) in [6.45, 7) is 4.28. The van der Waals surface area contributed by atoms with Gasteiger partial charge in [0, 0.05) is 19.8 Å². The molecule has 1 atom stereocenters. The van der Waals surface area contributed by atoms with Crippen molar-refractivity contribution in [2.75, 3.05) is 5.32 Å². The van der Waals surface area contributed by atoms with E-state index < -0.39 is 0 Å². The summed E-state index contributed by atoms with van der Waals surface area (Å²) in [4.78, 5) is 0. The summed E-state index contributed by atoms with van der Waals surface area (Å²) >= 11 is 5.95. The van der Waals surface area contributed by atoms with Gasteiger partial charge in [-0.25, -0.2) is 0 Å². The van der Waals surface area contributed by atoms with Crippen LogP contribution in [-0.4, -0.2) is 0 Å². The summed E-state index contributed by atoms with van der Waals surface area (Å²) in [5.41, 5.74) is 3.68. The quantitative estimate of drug-likeness (QED) is 0.649. The average Bonchev–Trinajstić information content (AvgIpc) is 2.36. The number of halogens is 2. The van der Waals surface area contributed by atoms with E-state index >= 15 is 0 Å². The molecule has 0 heterocycles. The zero-order valence-corrected chi connectivity index (χ0v) is 14.1. The van der Waals surface area contributed by atoms with Crippen molar-refractivity contribution < 1.29 is 0 Å². The van der Waals surface area contributed by atoms with Gasteiger partial charge < -0.3 is 5.32 Å². The van der Waals surface area contributed by atoms with Crippen LogP contribution in [0.2, 0.25) is 0 Å². The summed E-state index contributed by atoms with van der Waals surface area (Å²) in [7, 11) is 0. The minimum absolute atomic E-state index is 0.292. The van der Waals surface area contributed by atoms with Gasteiger partial charge in [-0.3, -0.25) is 0 Å². The summed E-state index contributed by atoms with van der Waals surface area (Å²) in [5.74, 6) is 0. The Hall–Kier alpha value is -0.550. The van der Waals surface area contributed by atoms with Crippen molar-refractivity contribution in [3.63, 3.8) is 0 Å². The molecule has 0 aromatic heterocycles. The number of aryl methyl sites for hydroxylation is 1. The topological polar surface area (TPSA) is 12.0 Å². The average molecular weight is 416 g/mol. The van der Waals surface area contributed by atoms with Crippen LogP contribution in [0.15, 0.2) is 46.9 Å². The van der Waals surface area contributed by atoms with E-state index in [0.29, 0.717) is 6.04 Å². The molecule has 0 fully saturated rings. The Bertz CT molecular complexity index is 537. The van der Waals surface area contributed by atoms with Crippen molar-refractivity contribution in [2.24, 2.45) is 0 Å².